The van der Waals surface area contributed by atoms with Gasteiger partial charge in [0.15, 0.2) is 0 Å². The fraction of sp³-hybridized carbons (Fsp3) is 0.364. The van der Waals surface area contributed by atoms with Crippen LogP contribution in [-0.2, 0) is 0 Å². The number of nitrogen functional groups attached to an aromatic ring is 1. The van der Waals surface area contributed by atoms with E-state index in [0.717, 1.165) is 35.5 Å². The Labute approximate surface area is 92.3 Å². The lowest BCUT2D eigenvalue weighted by atomic mass is 10.2. The van der Waals surface area contributed by atoms with Gasteiger partial charge in [-0.2, -0.15) is 0 Å². The minimum Gasteiger partial charge on any atom is -0.397 e. The molecule has 1 aliphatic heterocycles. The van der Waals surface area contributed by atoms with Crippen molar-refractivity contribution in [3.63, 3.8) is 0 Å². The van der Waals surface area contributed by atoms with Crippen molar-refractivity contribution in [2.45, 2.75) is 12.8 Å². The highest BCUT2D eigenvalue weighted by Gasteiger charge is 2.15. The molecule has 0 spiro atoms. The maximum atomic E-state index is 11.2. The van der Waals surface area contributed by atoms with Gasteiger partial charge in [0.2, 0.25) is 0 Å². The van der Waals surface area contributed by atoms with Gasteiger partial charge in [-0.1, -0.05) is 0 Å². The van der Waals surface area contributed by atoms with Crippen molar-refractivity contribution in [2.24, 2.45) is 0 Å². The molecule has 5 nitrogen and oxygen atoms in total. The largest absolute Gasteiger partial charge is 0.397 e. The molecular weight excluding hydrogens is 204 g/mol. The lowest BCUT2D eigenvalue weighted by Gasteiger charge is -2.19. The molecule has 16 heavy (non-hydrogen) atoms. The Morgan fingerprint density at radius 1 is 1.12 bits per heavy atom. The van der Waals surface area contributed by atoms with E-state index in [4.69, 9.17) is 5.73 Å². The zero-order valence-electron chi connectivity index (χ0n) is 8.92. The number of anilines is 2. The Balaban J connectivity index is 2.16. The highest BCUT2D eigenvalue weighted by Crippen LogP contribution is 2.29. The third kappa shape index (κ3) is 1.36. The number of benzene rings is 1. The van der Waals surface area contributed by atoms with Crippen LogP contribution >= 0.6 is 0 Å². The predicted octanol–water partition coefficient (Wildman–Crippen LogP) is 1.04. The van der Waals surface area contributed by atoms with E-state index in [2.05, 4.69) is 14.9 Å². The molecule has 3 rings (SSSR count). The topological polar surface area (TPSA) is 77.9 Å². The first-order valence-corrected chi connectivity index (χ1v) is 5.50. The maximum absolute atomic E-state index is 11.2. The molecule has 0 amide bonds. The zero-order valence-corrected chi connectivity index (χ0v) is 8.92. The number of nitrogens with two attached hydrogens (primary N) is 1. The number of aromatic nitrogens is 2. The Bertz CT molecular complexity index is 577. The first kappa shape index (κ1) is 9.33. The van der Waals surface area contributed by atoms with Crippen LogP contribution in [-0.4, -0.2) is 23.1 Å². The Hall–Kier alpha value is -1.91. The number of H-pyrrole nitrogens is 2. The van der Waals surface area contributed by atoms with Gasteiger partial charge in [-0.05, 0) is 25.0 Å². The van der Waals surface area contributed by atoms with Crippen molar-refractivity contribution in [3.8, 4) is 0 Å². The van der Waals surface area contributed by atoms with Gasteiger partial charge in [0.05, 0.1) is 22.4 Å². The van der Waals surface area contributed by atoms with E-state index in [0.29, 0.717) is 0 Å². The van der Waals surface area contributed by atoms with Crippen LogP contribution in [0.25, 0.3) is 11.0 Å². The molecule has 1 aromatic heterocycles. The number of nitrogens with one attached hydrogen (secondary N) is 2. The Kier molecular flexibility index (Phi) is 1.92. The van der Waals surface area contributed by atoms with Gasteiger partial charge in [-0.15, -0.1) is 0 Å². The second kappa shape index (κ2) is 3.30. The van der Waals surface area contributed by atoms with Crippen molar-refractivity contribution in [2.75, 3.05) is 23.7 Å². The van der Waals surface area contributed by atoms with E-state index in [-0.39, 0.29) is 5.69 Å². The third-order valence-corrected chi connectivity index (χ3v) is 3.11. The summed E-state index contributed by atoms with van der Waals surface area (Å²) in [5.74, 6) is 0. The molecule has 1 fully saturated rings. The van der Waals surface area contributed by atoms with Gasteiger partial charge in [0.25, 0.3) is 0 Å². The van der Waals surface area contributed by atoms with Crippen LogP contribution in [0.15, 0.2) is 16.9 Å². The number of aromatic amines is 2. The van der Waals surface area contributed by atoms with E-state index < -0.39 is 0 Å². The second-order valence-electron chi connectivity index (χ2n) is 4.23. The monoisotopic (exact) mass is 218 g/mol. The average molecular weight is 218 g/mol. The van der Waals surface area contributed by atoms with Crippen molar-refractivity contribution >= 4 is 22.4 Å². The van der Waals surface area contributed by atoms with Crippen LogP contribution in [0.5, 0.6) is 0 Å². The first-order chi connectivity index (χ1) is 7.74. The molecule has 2 heterocycles. The van der Waals surface area contributed by atoms with Gasteiger partial charge >= 0.3 is 5.69 Å². The molecule has 0 radical (unpaired) electrons. The van der Waals surface area contributed by atoms with E-state index in [9.17, 15) is 4.79 Å². The molecule has 1 saturated heterocycles. The molecule has 1 aliphatic rings. The fourth-order valence-electron chi connectivity index (χ4n) is 2.32. The summed E-state index contributed by atoms with van der Waals surface area (Å²) < 4.78 is 0. The van der Waals surface area contributed by atoms with E-state index in [1.54, 1.807) is 0 Å². The summed E-state index contributed by atoms with van der Waals surface area (Å²) in [6.45, 7) is 2.09. The second-order valence-corrected chi connectivity index (χ2v) is 4.23. The quantitative estimate of drug-likeness (QED) is 0.626. The minimum absolute atomic E-state index is 0.187. The molecule has 2 aromatic rings. The van der Waals surface area contributed by atoms with Crippen molar-refractivity contribution in [1.82, 2.24) is 9.97 Å². The summed E-state index contributed by atoms with van der Waals surface area (Å²) in [7, 11) is 0. The van der Waals surface area contributed by atoms with Gasteiger partial charge in [-0.3, -0.25) is 0 Å². The summed E-state index contributed by atoms with van der Waals surface area (Å²) in [5.41, 5.74) is 9.15. The van der Waals surface area contributed by atoms with Gasteiger partial charge in [0, 0.05) is 13.1 Å². The molecule has 0 atom stereocenters. The average Bonchev–Trinajstić information content (AvgIpc) is 2.83. The molecule has 4 N–H and O–H groups in total. The van der Waals surface area contributed by atoms with Crippen LogP contribution in [0.3, 0.4) is 0 Å². The number of rotatable bonds is 1. The normalized spacial score (nSPS) is 16.1. The van der Waals surface area contributed by atoms with Crippen LogP contribution in [0.2, 0.25) is 0 Å². The molecule has 0 unspecified atom stereocenters. The van der Waals surface area contributed by atoms with Crippen LogP contribution in [0.4, 0.5) is 11.4 Å². The summed E-state index contributed by atoms with van der Waals surface area (Å²) in [5, 5.41) is 0. The van der Waals surface area contributed by atoms with Crippen molar-refractivity contribution < 1.29 is 0 Å². The highest BCUT2D eigenvalue weighted by molar-refractivity contribution is 5.86. The number of fused-ring (bicyclic) bond motifs is 1. The summed E-state index contributed by atoms with van der Waals surface area (Å²) >= 11 is 0. The molecule has 1 aromatic carbocycles. The molecule has 0 saturated carbocycles. The lowest BCUT2D eigenvalue weighted by molar-refractivity contribution is 0.949. The summed E-state index contributed by atoms with van der Waals surface area (Å²) in [6.07, 6.45) is 2.42. The van der Waals surface area contributed by atoms with Crippen LogP contribution in [0, 0.1) is 0 Å². The van der Waals surface area contributed by atoms with Crippen molar-refractivity contribution in [3.05, 3.63) is 22.6 Å². The van der Waals surface area contributed by atoms with E-state index >= 15 is 0 Å². The van der Waals surface area contributed by atoms with Gasteiger partial charge in [-0.25, -0.2) is 4.79 Å². The standard InChI is InChI=1S/C11H14N4O/c12-7-5-8-9(14-11(16)13-8)6-10(7)15-3-1-2-4-15/h5-6H,1-4,12H2,(H2,13,14,16). The molecule has 5 heteroatoms. The smallest absolute Gasteiger partial charge is 0.323 e. The molecule has 0 aliphatic carbocycles. The summed E-state index contributed by atoms with van der Waals surface area (Å²) in [6, 6.07) is 3.77. The minimum atomic E-state index is -0.187. The van der Waals surface area contributed by atoms with Crippen LogP contribution in [0.1, 0.15) is 12.8 Å². The van der Waals surface area contributed by atoms with Gasteiger partial charge < -0.3 is 20.6 Å². The number of nitrogens with zero attached hydrogens (tertiary/aromatic N) is 1. The van der Waals surface area contributed by atoms with Crippen molar-refractivity contribution in [1.29, 1.82) is 0 Å². The fourth-order valence-corrected chi connectivity index (χ4v) is 2.32. The van der Waals surface area contributed by atoms with E-state index in [1.807, 2.05) is 12.1 Å². The lowest BCUT2D eigenvalue weighted by Crippen LogP contribution is -2.18. The number of hydrogen-bond donors (Lipinski definition) is 3. The third-order valence-electron chi connectivity index (χ3n) is 3.11. The number of imidazole rings is 1. The predicted molar refractivity (Wildman–Crippen MR) is 64.8 cm³/mol. The SMILES string of the molecule is Nc1cc2[nH]c(=O)[nH]c2cc1N1CCCC1. The molecular formula is C11H14N4O. The maximum Gasteiger partial charge on any atom is 0.323 e. The zero-order chi connectivity index (χ0) is 11.1. The summed E-state index contributed by atoms with van der Waals surface area (Å²) in [4.78, 5) is 18.9. The van der Waals surface area contributed by atoms with Gasteiger partial charge in [0.1, 0.15) is 0 Å². The first-order valence-electron chi connectivity index (χ1n) is 5.50. The molecule has 0 bridgehead atoms. The number of hydrogen-bond acceptors (Lipinski definition) is 3. The van der Waals surface area contributed by atoms with Crippen LogP contribution < -0.4 is 16.3 Å². The highest BCUT2D eigenvalue weighted by atomic mass is 16.1. The Morgan fingerprint density at radius 3 is 2.44 bits per heavy atom. The Morgan fingerprint density at radius 2 is 1.75 bits per heavy atom. The molecule has 84 valence electrons. The van der Waals surface area contributed by atoms with E-state index in [1.165, 1.54) is 12.8 Å².